The second-order valence-electron chi connectivity index (χ2n) is 4.04. The lowest BCUT2D eigenvalue weighted by molar-refractivity contribution is 0.0951. The molecule has 0 spiro atoms. The number of carbonyl (C=O) groups excluding carboxylic acids is 1. The van der Waals surface area contributed by atoms with Crippen molar-refractivity contribution in [2.45, 2.75) is 13.5 Å². The van der Waals surface area contributed by atoms with Gasteiger partial charge in [-0.2, -0.15) is 0 Å². The number of rotatable bonds is 3. The lowest BCUT2D eigenvalue weighted by atomic mass is 10.1. The van der Waals surface area contributed by atoms with Crippen LogP contribution in [0.25, 0.3) is 0 Å². The Morgan fingerprint density at radius 1 is 1.37 bits per heavy atom. The average molecular weight is 277 g/mol. The van der Waals surface area contributed by atoms with Gasteiger partial charge in [-0.25, -0.2) is 0 Å². The molecule has 6 heteroatoms. The van der Waals surface area contributed by atoms with E-state index < -0.39 is 0 Å². The molecule has 1 aromatic heterocycles. The number of benzene rings is 1. The Kier molecular flexibility index (Phi) is 3.97. The molecule has 0 saturated carbocycles. The summed E-state index contributed by atoms with van der Waals surface area (Å²) < 4.78 is 0. The van der Waals surface area contributed by atoms with Crippen LogP contribution in [-0.4, -0.2) is 15.9 Å². The summed E-state index contributed by atoms with van der Waals surface area (Å²) in [5.41, 5.74) is 7.86. The minimum Gasteiger partial charge on any atom is -0.398 e. The molecule has 0 aliphatic rings. The van der Waals surface area contributed by atoms with Gasteiger partial charge in [-0.1, -0.05) is 17.7 Å². The van der Waals surface area contributed by atoms with Crippen LogP contribution in [0.5, 0.6) is 0 Å². The van der Waals surface area contributed by atoms with Crippen LogP contribution in [0.15, 0.2) is 30.6 Å². The van der Waals surface area contributed by atoms with Crippen LogP contribution in [0.1, 0.15) is 21.7 Å². The molecule has 98 valence electrons. The van der Waals surface area contributed by atoms with Gasteiger partial charge < -0.3 is 11.1 Å². The predicted octanol–water partition coefficient (Wildman–Crippen LogP) is 1.95. The standard InChI is InChI=1S/C13H13ClN4O/c1-8-5-17-9(6-16-8)7-18-13(19)12-10(14)3-2-4-11(12)15/h2-6H,7,15H2,1H3,(H,18,19). The van der Waals surface area contributed by atoms with E-state index in [-0.39, 0.29) is 18.0 Å². The maximum atomic E-state index is 12.0. The van der Waals surface area contributed by atoms with Gasteiger partial charge in [-0.05, 0) is 19.1 Å². The van der Waals surface area contributed by atoms with Gasteiger partial charge in [0.2, 0.25) is 0 Å². The number of halogens is 1. The Labute approximate surface area is 115 Å². The van der Waals surface area contributed by atoms with Crippen LogP contribution in [0.3, 0.4) is 0 Å². The van der Waals surface area contributed by atoms with Gasteiger partial charge >= 0.3 is 0 Å². The van der Waals surface area contributed by atoms with Crippen LogP contribution in [0.4, 0.5) is 5.69 Å². The summed E-state index contributed by atoms with van der Waals surface area (Å²) in [6.07, 6.45) is 3.26. The Morgan fingerprint density at radius 3 is 2.79 bits per heavy atom. The van der Waals surface area contributed by atoms with E-state index in [1.165, 1.54) is 0 Å². The van der Waals surface area contributed by atoms with Crippen LogP contribution in [-0.2, 0) is 6.54 Å². The first kappa shape index (κ1) is 13.3. The van der Waals surface area contributed by atoms with Crippen molar-refractivity contribution in [3.63, 3.8) is 0 Å². The summed E-state index contributed by atoms with van der Waals surface area (Å²) in [4.78, 5) is 20.3. The van der Waals surface area contributed by atoms with E-state index in [1.807, 2.05) is 6.92 Å². The average Bonchev–Trinajstić information content (AvgIpc) is 2.38. The third kappa shape index (κ3) is 3.20. The summed E-state index contributed by atoms with van der Waals surface area (Å²) in [6, 6.07) is 4.95. The van der Waals surface area contributed by atoms with E-state index in [4.69, 9.17) is 17.3 Å². The number of amides is 1. The minimum atomic E-state index is -0.328. The van der Waals surface area contributed by atoms with E-state index in [1.54, 1.807) is 30.6 Å². The molecule has 2 aromatic rings. The molecule has 0 saturated heterocycles. The van der Waals surface area contributed by atoms with Gasteiger partial charge in [-0.15, -0.1) is 0 Å². The van der Waals surface area contributed by atoms with E-state index in [9.17, 15) is 4.79 Å². The molecule has 0 radical (unpaired) electrons. The summed E-state index contributed by atoms with van der Waals surface area (Å²) >= 11 is 5.96. The number of anilines is 1. The van der Waals surface area contributed by atoms with Crippen molar-refractivity contribution in [1.82, 2.24) is 15.3 Å². The molecule has 0 bridgehead atoms. The minimum absolute atomic E-state index is 0.275. The number of aryl methyl sites for hydroxylation is 1. The SMILES string of the molecule is Cc1cnc(CNC(=O)c2c(N)cccc2Cl)cn1. The molecular formula is C13H13ClN4O. The topological polar surface area (TPSA) is 80.9 Å². The number of nitrogens with one attached hydrogen (secondary N) is 1. The highest BCUT2D eigenvalue weighted by atomic mass is 35.5. The maximum Gasteiger partial charge on any atom is 0.255 e. The van der Waals surface area contributed by atoms with E-state index in [0.29, 0.717) is 16.4 Å². The number of aromatic nitrogens is 2. The van der Waals surface area contributed by atoms with E-state index >= 15 is 0 Å². The molecule has 0 atom stereocenters. The second kappa shape index (κ2) is 5.67. The maximum absolute atomic E-state index is 12.0. The fraction of sp³-hybridized carbons (Fsp3) is 0.154. The third-order valence-corrected chi connectivity index (χ3v) is 2.85. The number of carbonyl (C=O) groups is 1. The largest absolute Gasteiger partial charge is 0.398 e. The first-order valence-electron chi connectivity index (χ1n) is 5.67. The van der Waals surface area contributed by atoms with Crippen LogP contribution in [0, 0.1) is 6.92 Å². The van der Waals surface area contributed by atoms with Gasteiger partial charge in [0.25, 0.3) is 5.91 Å². The van der Waals surface area contributed by atoms with Crippen LogP contribution < -0.4 is 11.1 Å². The molecular weight excluding hydrogens is 264 g/mol. The molecule has 0 aliphatic heterocycles. The van der Waals surface area contributed by atoms with Crippen LogP contribution in [0.2, 0.25) is 5.02 Å². The Morgan fingerprint density at radius 2 is 2.16 bits per heavy atom. The van der Waals surface area contributed by atoms with Crippen molar-refractivity contribution < 1.29 is 4.79 Å². The molecule has 19 heavy (non-hydrogen) atoms. The van der Waals surface area contributed by atoms with Crippen molar-refractivity contribution in [3.05, 3.63) is 52.6 Å². The van der Waals surface area contributed by atoms with Crippen LogP contribution >= 0.6 is 11.6 Å². The van der Waals surface area contributed by atoms with Gasteiger partial charge in [0.15, 0.2) is 0 Å². The molecule has 3 N–H and O–H groups in total. The third-order valence-electron chi connectivity index (χ3n) is 2.54. The Bertz CT molecular complexity index is 578. The molecule has 2 rings (SSSR count). The molecule has 0 fully saturated rings. The van der Waals surface area contributed by atoms with Crippen molar-refractivity contribution in [2.75, 3.05) is 5.73 Å². The van der Waals surface area contributed by atoms with Gasteiger partial charge in [0.1, 0.15) is 0 Å². The number of nitrogen functional groups attached to an aromatic ring is 1. The molecule has 0 aliphatic carbocycles. The van der Waals surface area contributed by atoms with E-state index in [2.05, 4.69) is 15.3 Å². The first-order chi connectivity index (χ1) is 9.08. The smallest absolute Gasteiger partial charge is 0.255 e. The summed E-state index contributed by atoms with van der Waals surface area (Å²) in [6.45, 7) is 2.12. The molecule has 1 heterocycles. The fourth-order valence-electron chi connectivity index (χ4n) is 1.55. The van der Waals surface area contributed by atoms with E-state index in [0.717, 1.165) is 5.69 Å². The number of nitrogens with two attached hydrogens (primary N) is 1. The molecule has 5 nitrogen and oxygen atoms in total. The van der Waals surface area contributed by atoms with Gasteiger partial charge in [0.05, 0.1) is 34.7 Å². The Hall–Kier alpha value is -2.14. The van der Waals surface area contributed by atoms with Crippen molar-refractivity contribution in [2.24, 2.45) is 0 Å². The lowest BCUT2D eigenvalue weighted by Gasteiger charge is -2.08. The lowest BCUT2D eigenvalue weighted by Crippen LogP contribution is -2.24. The zero-order chi connectivity index (χ0) is 13.8. The fourth-order valence-corrected chi connectivity index (χ4v) is 1.82. The summed E-state index contributed by atoms with van der Waals surface area (Å²) in [7, 11) is 0. The predicted molar refractivity (Wildman–Crippen MR) is 73.8 cm³/mol. The van der Waals surface area contributed by atoms with Crippen molar-refractivity contribution in [1.29, 1.82) is 0 Å². The molecule has 1 amide bonds. The summed E-state index contributed by atoms with van der Waals surface area (Å²) in [5, 5.41) is 3.04. The quantitative estimate of drug-likeness (QED) is 0.840. The van der Waals surface area contributed by atoms with Gasteiger partial charge in [-0.3, -0.25) is 14.8 Å². The molecule has 0 unspecified atom stereocenters. The van der Waals surface area contributed by atoms with Crippen molar-refractivity contribution in [3.8, 4) is 0 Å². The number of nitrogens with zero attached hydrogens (tertiary/aromatic N) is 2. The second-order valence-corrected chi connectivity index (χ2v) is 4.44. The monoisotopic (exact) mass is 276 g/mol. The highest BCUT2D eigenvalue weighted by Gasteiger charge is 2.13. The normalized spacial score (nSPS) is 10.2. The summed E-state index contributed by atoms with van der Waals surface area (Å²) in [5.74, 6) is -0.328. The highest BCUT2D eigenvalue weighted by Crippen LogP contribution is 2.21. The molecule has 1 aromatic carbocycles. The number of hydrogen-bond acceptors (Lipinski definition) is 4. The first-order valence-corrected chi connectivity index (χ1v) is 6.05. The zero-order valence-electron chi connectivity index (χ0n) is 10.4. The highest BCUT2D eigenvalue weighted by molar-refractivity contribution is 6.34. The van der Waals surface area contributed by atoms with Gasteiger partial charge in [0, 0.05) is 11.9 Å². The number of hydrogen-bond donors (Lipinski definition) is 2. The zero-order valence-corrected chi connectivity index (χ0v) is 11.1. The Balaban J connectivity index is 2.07. The van der Waals surface area contributed by atoms with Crippen molar-refractivity contribution >= 4 is 23.2 Å².